The summed E-state index contributed by atoms with van der Waals surface area (Å²) in [6.45, 7) is 0.311. The summed E-state index contributed by atoms with van der Waals surface area (Å²) in [4.78, 5) is 14.2. The van der Waals surface area contributed by atoms with Gasteiger partial charge in [-0.2, -0.15) is 0 Å². The maximum absolute atomic E-state index is 13.6. The lowest BCUT2D eigenvalue weighted by Gasteiger charge is -2.26. The van der Waals surface area contributed by atoms with Crippen molar-refractivity contribution in [2.24, 2.45) is 0 Å². The smallest absolute Gasteiger partial charge is 0.179 e. The van der Waals surface area contributed by atoms with Crippen molar-refractivity contribution < 1.29 is 9.18 Å². The summed E-state index contributed by atoms with van der Waals surface area (Å²) in [6.07, 6.45) is 7.38. The molecule has 1 aromatic rings. The molecule has 104 valence electrons. The number of rotatable bonds is 4. The van der Waals surface area contributed by atoms with Crippen LogP contribution >= 0.6 is 0 Å². The van der Waals surface area contributed by atoms with Crippen LogP contribution in [0.1, 0.15) is 48.9 Å². The number of benzene rings is 1. The first kappa shape index (κ1) is 14.2. The second-order valence-corrected chi connectivity index (χ2v) is 5.46. The molecule has 0 bridgehead atoms. The van der Waals surface area contributed by atoms with E-state index in [2.05, 4.69) is 4.90 Å². The zero-order chi connectivity index (χ0) is 13.7. The van der Waals surface area contributed by atoms with Crippen LogP contribution in [0.2, 0.25) is 0 Å². The summed E-state index contributed by atoms with van der Waals surface area (Å²) in [5, 5.41) is 0. The molecule has 0 unspecified atom stereocenters. The number of likely N-dealkylation sites (N-methyl/N-ethyl adjacent to an activating group) is 1. The van der Waals surface area contributed by atoms with E-state index in [0.717, 1.165) is 12.8 Å². The largest absolute Gasteiger partial charge is 0.296 e. The molecule has 0 saturated heterocycles. The van der Waals surface area contributed by atoms with Crippen molar-refractivity contribution in [2.45, 2.75) is 44.6 Å². The van der Waals surface area contributed by atoms with Crippen molar-refractivity contribution in [3.05, 3.63) is 35.6 Å². The van der Waals surface area contributed by atoms with Gasteiger partial charge in [0.05, 0.1) is 12.1 Å². The Kier molecular flexibility index (Phi) is 5.08. The molecular weight excluding hydrogens is 241 g/mol. The minimum Gasteiger partial charge on any atom is -0.296 e. The molecule has 3 heteroatoms. The number of halogens is 1. The Balaban J connectivity index is 1.96. The molecule has 0 aliphatic heterocycles. The van der Waals surface area contributed by atoms with Crippen molar-refractivity contribution in [2.75, 3.05) is 13.6 Å². The first-order valence-electron chi connectivity index (χ1n) is 7.16. The molecule has 0 spiro atoms. The lowest BCUT2D eigenvalue weighted by Crippen LogP contribution is -2.35. The minimum atomic E-state index is -0.415. The van der Waals surface area contributed by atoms with E-state index in [1.54, 1.807) is 18.2 Å². The summed E-state index contributed by atoms with van der Waals surface area (Å²) in [5.41, 5.74) is 0.211. The summed E-state index contributed by atoms with van der Waals surface area (Å²) in [6, 6.07) is 6.71. The summed E-state index contributed by atoms with van der Waals surface area (Å²) in [5.74, 6) is -0.536. The number of carbonyl (C=O) groups excluding carboxylic acids is 1. The summed E-state index contributed by atoms with van der Waals surface area (Å²) in [7, 11) is 1.98. The molecule has 0 amide bonds. The van der Waals surface area contributed by atoms with Crippen molar-refractivity contribution in [3.63, 3.8) is 0 Å². The Labute approximate surface area is 114 Å². The van der Waals surface area contributed by atoms with Gasteiger partial charge in [-0.05, 0) is 32.0 Å². The molecule has 0 aromatic heterocycles. The predicted octanol–water partition coefficient (Wildman–Crippen LogP) is 3.66. The molecule has 0 heterocycles. The second kappa shape index (κ2) is 6.80. The van der Waals surface area contributed by atoms with Gasteiger partial charge >= 0.3 is 0 Å². The van der Waals surface area contributed by atoms with Crippen molar-refractivity contribution >= 4 is 5.78 Å². The molecule has 2 rings (SSSR count). The number of hydrogen-bond donors (Lipinski definition) is 0. The molecule has 0 radical (unpaired) electrons. The van der Waals surface area contributed by atoms with Gasteiger partial charge in [0, 0.05) is 6.04 Å². The highest BCUT2D eigenvalue weighted by molar-refractivity contribution is 5.97. The van der Waals surface area contributed by atoms with Gasteiger partial charge in [0.1, 0.15) is 5.82 Å². The molecule has 0 N–H and O–H groups in total. The number of carbonyl (C=O) groups is 1. The van der Waals surface area contributed by atoms with E-state index in [0.29, 0.717) is 12.6 Å². The fourth-order valence-corrected chi connectivity index (χ4v) is 2.83. The molecule has 2 nitrogen and oxygen atoms in total. The van der Waals surface area contributed by atoms with E-state index in [-0.39, 0.29) is 11.3 Å². The number of ketones is 1. The van der Waals surface area contributed by atoms with Crippen LogP contribution in [0, 0.1) is 5.82 Å². The Bertz CT molecular complexity index is 425. The zero-order valence-electron chi connectivity index (χ0n) is 11.6. The zero-order valence-corrected chi connectivity index (χ0v) is 11.6. The number of Topliss-reactive ketones (excluding diaryl/α,β-unsaturated/α-hetero) is 1. The maximum Gasteiger partial charge on any atom is 0.179 e. The summed E-state index contributed by atoms with van der Waals surface area (Å²) < 4.78 is 13.6. The van der Waals surface area contributed by atoms with Gasteiger partial charge in [-0.1, -0.05) is 37.8 Å². The van der Waals surface area contributed by atoms with Gasteiger partial charge in [0.15, 0.2) is 5.78 Å². The molecule has 1 saturated carbocycles. The standard InChI is InChI=1S/C16H22FNO/c1-18(13-8-4-2-3-5-9-13)12-16(19)14-10-6-7-11-15(14)17/h6-7,10-11,13H,2-5,8-9,12H2,1H3. The first-order valence-corrected chi connectivity index (χ1v) is 7.16. The van der Waals surface area contributed by atoms with Crippen molar-refractivity contribution in [1.29, 1.82) is 0 Å². The van der Waals surface area contributed by atoms with E-state index < -0.39 is 5.82 Å². The van der Waals surface area contributed by atoms with Gasteiger partial charge in [-0.25, -0.2) is 4.39 Å². The highest BCUT2D eigenvalue weighted by atomic mass is 19.1. The Morgan fingerprint density at radius 2 is 1.84 bits per heavy atom. The average molecular weight is 263 g/mol. The molecule has 1 aromatic carbocycles. The number of hydrogen-bond acceptors (Lipinski definition) is 2. The van der Waals surface area contributed by atoms with E-state index in [1.807, 2.05) is 7.05 Å². The fourth-order valence-electron chi connectivity index (χ4n) is 2.83. The van der Waals surface area contributed by atoms with E-state index in [9.17, 15) is 9.18 Å². The molecule has 1 aliphatic rings. The van der Waals surface area contributed by atoms with Crippen LogP contribution in [0.3, 0.4) is 0 Å². The highest BCUT2D eigenvalue weighted by Crippen LogP contribution is 2.21. The monoisotopic (exact) mass is 263 g/mol. The molecule has 0 atom stereocenters. The van der Waals surface area contributed by atoms with Gasteiger partial charge < -0.3 is 0 Å². The van der Waals surface area contributed by atoms with Gasteiger partial charge in [-0.15, -0.1) is 0 Å². The lowest BCUT2D eigenvalue weighted by molar-refractivity contribution is 0.0908. The predicted molar refractivity (Wildman–Crippen MR) is 74.9 cm³/mol. The molecular formula is C16H22FNO. The third kappa shape index (κ3) is 3.87. The second-order valence-electron chi connectivity index (χ2n) is 5.46. The Morgan fingerprint density at radius 3 is 2.47 bits per heavy atom. The first-order chi connectivity index (χ1) is 9.18. The van der Waals surface area contributed by atoms with Gasteiger partial charge in [0.2, 0.25) is 0 Å². The van der Waals surface area contributed by atoms with Crippen molar-refractivity contribution in [1.82, 2.24) is 4.90 Å². The molecule has 1 fully saturated rings. The average Bonchev–Trinajstić information content (AvgIpc) is 2.68. The topological polar surface area (TPSA) is 20.3 Å². The third-order valence-electron chi connectivity index (χ3n) is 4.02. The van der Waals surface area contributed by atoms with Crippen LogP contribution in [-0.2, 0) is 0 Å². The molecule has 19 heavy (non-hydrogen) atoms. The third-order valence-corrected chi connectivity index (χ3v) is 4.02. The van der Waals surface area contributed by atoms with E-state index in [4.69, 9.17) is 0 Å². The van der Waals surface area contributed by atoms with Gasteiger partial charge in [0.25, 0.3) is 0 Å². The van der Waals surface area contributed by atoms with E-state index in [1.165, 1.54) is 31.7 Å². The lowest BCUT2D eigenvalue weighted by atomic mass is 10.1. The van der Waals surface area contributed by atoms with E-state index >= 15 is 0 Å². The van der Waals surface area contributed by atoms with Crippen LogP contribution in [0.25, 0.3) is 0 Å². The normalized spacial score (nSPS) is 17.4. The van der Waals surface area contributed by atoms with Crippen molar-refractivity contribution in [3.8, 4) is 0 Å². The Morgan fingerprint density at radius 1 is 1.21 bits per heavy atom. The SMILES string of the molecule is CN(CC(=O)c1ccccc1F)C1CCCCCC1. The van der Waals surface area contributed by atoms with Crippen LogP contribution in [-0.4, -0.2) is 30.3 Å². The quantitative estimate of drug-likeness (QED) is 0.610. The minimum absolute atomic E-state index is 0.121. The fraction of sp³-hybridized carbons (Fsp3) is 0.562. The maximum atomic E-state index is 13.6. The number of nitrogens with zero attached hydrogens (tertiary/aromatic N) is 1. The van der Waals surface area contributed by atoms with Gasteiger partial charge in [-0.3, -0.25) is 9.69 Å². The Hall–Kier alpha value is -1.22. The summed E-state index contributed by atoms with van der Waals surface area (Å²) >= 11 is 0. The highest BCUT2D eigenvalue weighted by Gasteiger charge is 2.20. The van der Waals surface area contributed by atoms with Crippen LogP contribution in [0.4, 0.5) is 4.39 Å². The van der Waals surface area contributed by atoms with Crippen LogP contribution in [0.5, 0.6) is 0 Å². The molecule has 1 aliphatic carbocycles. The van der Waals surface area contributed by atoms with Crippen LogP contribution < -0.4 is 0 Å². The van der Waals surface area contributed by atoms with Crippen LogP contribution in [0.15, 0.2) is 24.3 Å².